The van der Waals surface area contributed by atoms with E-state index in [2.05, 4.69) is 25.7 Å². The molecule has 2 N–H and O–H groups in total. The van der Waals surface area contributed by atoms with Crippen LogP contribution < -0.4 is 5.32 Å². The first-order valence-corrected chi connectivity index (χ1v) is 9.80. The molecule has 0 spiro atoms. The highest BCUT2D eigenvalue weighted by Crippen LogP contribution is 2.26. The number of nitrogens with one attached hydrogen (secondary N) is 2. The van der Waals surface area contributed by atoms with Crippen LogP contribution in [0, 0.1) is 4.77 Å². The summed E-state index contributed by atoms with van der Waals surface area (Å²) in [6.07, 6.45) is 0. The van der Waals surface area contributed by atoms with Gasteiger partial charge in [0, 0.05) is 16.1 Å². The molecule has 0 saturated carbocycles. The van der Waals surface area contributed by atoms with Gasteiger partial charge in [0.05, 0.1) is 0 Å². The number of nitrogens with zero attached hydrogens (tertiary/aromatic N) is 4. The maximum atomic E-state index is 12.5. The summed E-state index contributed by atoms with van der Waals surface area (Å²) < 4.78 is 1.97. The number of hydrogen-bond donors (Lipinski definition) is 2. The molecule has 0 saturated heterocycles. The third-order valence-corrected chi connectivity index (χ3v) is 5.31. The number of aromatic nitrogens is 5. The van der Waals surface area contributed by atoms with Gasteiger partial charge in [0.2, 0.25) is 11.0 Å². The van der Waals surface area contributed by atoms with Gasteiger partial charge in [0.1, 0.15) is 11.6 Å². The number of amides is 1. The average molecular weight is 429 g/mol. The van der Waals surface area contributed by atoms with Crippen LogP contribution in [-0.4, -0.2) is 30.9 Å². The van der Waals surface area contributed by atoms with Gasteiger partial charge in [-0.2, -0.15) is 5.10 Å². The van der Waals surface area contributed by atoms with E-state index in [-0.39, 0.29) is 12.5 Å². The number of anilines is 1. The van der Waals surface area contributed by atoms with E-state index in [4.69, 9.17) is 23.8 Å². The molecule has 2 heterocycles. The Labute approximate surface area is 174 Å². The van der Waals surface area contributed by atoms with Crippen molar-refractivity contribution < 1.29 is 4.79 Å². The number of rotatable bonds is 5. The minimum Gasteiger partial charge on any atom is -0.299 e. The highest BCUT2D eigenvalue weighted by molar-refractivity contribution is 7.71. The van der Waals surface area contributed by atoms with Crippen molar-refractivity contribution in [3.05, 3.63) is 64.4 Å². The maximum absolute atomic E-state index is 12.5. The van der Waals surface area contributed by atoms with Gasteiger partial charge in [-0.15, -0.1) is 10.2 Å². The van der Waals surface area contributed by atoms with Gasteiger partial charge in [-0.25, -0.2) is 0 Å². The fourth-order valence-corrected chi connectivity index (χ4v) is 3.65. The summed E-state index contributed by atoms with van der Waals surface area (Å²) in [4.78, 5) is 12.5. The summed E-state index contributed by atoms with van der Waals surface area (Å²) in [7, 11) is 0. The Balaban J connectivity index is 1.51. The first kappa shape index (κ1) is 18.5. The molecule has 4 aromatic rings. The molecular formula is C18H13ClN6OS2. The molecule has 7 nitrogen and oxygen atoms in total. The van der Waals surface area contributed by atoms with E-state index >= 15 is 0 Å². The summed E-state index contributed by atoms with van der Waals surface area (Å²) in [6, 6.07) is 16.8. The van der Waals surface area contributed by atoms with Gasteiger partial charge in [0.15, 0.2) is 10.6 Å². The van der Waals surface area contributed by atoms with Gasteiger partial charge in [0.25, 0.3) is 0 Å². The topological polar surface area (TPSA) is 88.5 Å². The van der Waals surface area contributed by atoms with Crippen molar-refractivity contribution in [3.63, 3.8) is 0 Å². The molecule has 0 bridgehead atoms. The van der Waals surface area contributed by atoms with Crippen molar-refractivity contribution in [1.29, 1.82) is 0 Å². The van der Waals surface area contributed by atoms with E-state index in [0.717, 1.165) is 16.1 Å². The Bertz CT molecular complexity index is 1170. The zero-order chi connectivity index (χ0) is 19.5. The molecule has 0 aliphatic heterocycles. The van der Waals surface area contributed by atoms with Crippen molar-refractivity contribution in [3.8, 4) is 22.0 Å². The second-order valence-electron chi connectivity index (χ2n) is 5.77. The number of halogens is 1. The van der Waals surface area contributed by atoms with Crippen molar-refractivity contribution in [2.75, 3.05) is 5.32 Å². The molecule has 1 amide bonds. The van der Waals surface area contributed by atoms with Crippen LogP contribution in [0.5, 0.6) is 0 Å². The lowest BCUT2D eigenvalue weighted by molar-refractivity contribution is -0.116. The number of aromatic amines is 1. The molecule has 0 atom stereocenters. The third kappa shape index (κ3) is 4.01. The Morgan fingerprint density at radius 3 is 2.61 bits per heavy atom. The average Bonchev–Trinajstić information content (AvgIpc) is 3.31. The van der Waals surface area contributed by atoms with Crippen LogP contribution in [0.3, 0.4) is 0 Å². The molecule has 0 aliphatic rings. The van der Waals surface area contributed by atoms with E-state index < -0.39 is 0 Å². The SMILES string of the molecule is O=C(Cn1c(-c2ccc(Cl)cc2)n[nH]c1=S)Nc1nnc(-c2ccccc2)s1. The van der Waals surface area contributed by atoms with Crippen LogP contribution in [0.25, 0.3) is 22.0 Å². The lowest BCUT2D eigenvalue weighted by Gasteiger charge is -2.06. The zero-order valence-corrected chi connectivity index (χ0v) is 16.7. The van der Waals surface area contributed by atoms with Crippen LogP contribution >= 0.6 is 35.2 Å². The van der Waals surface area contributed by atoms with Gasteiger partial charge in [-0.05, 0) is 36.5 Å². The fourth-order valence-electron chi connectivity index (χ4n) is 2.56. The van der Waals surface area contributed by atoms with Crippen LogP contribution in [-0.2, 0) is 11.3 Å². The van der Waals surface area contributed by atoms with Crippen molar-refractivity contribution in [1.82, 2.24) is 25.0 Å². The predicted molar refractivity (Wildman–Crippen MR) is 112 cm³/mol. The lowest BCUT2D eigenvalue weighted by Crippen LogP contribution is -2.19. The third-order valence-electron chi connectivity index (χ3n) is 3.85. The zero-order valence-electron chi connectivity index (χ0n) is 14.3. The van der Waals surface area contributed by atoms with Crippen LogP contribution in [0.15, 0.2) is 54.6 Å². The molecule has 140 valence electrons. The second-order valence-corrected chi connectivity index (χ2v) is 7.57. The van der Waals surface area contributed by atoms with E-state index in [1.54, 1.807) is 16.7 Å². The molecule has 2 aromatic heterocycles. The molecule has 0 radical (unpaired) electrons. The smallest absolute Gasteiger partial charge is 0.246 e. The Hall–Kier alpha value is -2.88. The fraction of sp³-hybridized carbons (Fsp3) is 0.0556. The highest BCUT2D eigenvalue weighted by atomic mass is 35.5. The quantitative estimate of drug-likeness (QED) is 0.459. The Morgan fingerprint density at radius 2 is 1.86 bits per heavy atom. The minimum atomic E-state index is -0.275. The van der Waals surface area contributed by atoms with Crippen LogP contribution in [0.1, 0.15) is 0 Å². The van der Waals surface area contributed by atoms with E-state index in [9.17, 15) is 4.79 Å². The molecule has 0 fully saturated rings. The Kier molecular flexibility index (Phi) is 5.29. The van der Waals surface area contributed by atoms with Crippen LogP contribution in [0.4, 0.5) is 5.13 Å². The first-order valence-electron chi connectivity index (χ1n) is 8.20. The predicted octanol–water partition coefficient (Wildman–Crippen LogP) is 4.42. The molecular weight excluding hydrogens is 416 g/mol. The highest BCUT2D eigenvalue weighted by Gasteiger charge is 2.14. The first-order chi connectivity index (χ1) is 13.6. The molecule has 10 heteroatoms. The Morgan fingerprint density at radius 1 is 1.11 bits per heavy atom. The lowest BCUT2D eigenvalue weighted by atomic mass is 10.2. The number of benzene rings is 2. The normalized spacial score (nSPS) is 10.8. The molecule has 0 aliphatic carbocycles. The van der Waals surface area contributed by atoms with Crippen molar-refractivity contribution >= 4 is 46.2 Å². The monoisotopic (exact) mass is 428 g/mol. The van der Waals surface area contributed by atoms with E-state index in [0.29, 0.717) is 20.7 Å². The molecule has 4 rings (SSSR count). The van der Waals surface area contributed by atoms with E-state index in [1.807, 2.05) is 42.5 Å². The van der Waals surface area contributed by atoms with Gasteiger partial charge in [-0.3, -0.25) is 19.8 Å². The second kappa shape index (κ2) is 8.01. The molecule has 0 unspecified atom stereocenters. The number of carbonyl (C=O) groups excluding carboxylic acids is 1. The van der Waals surface area contributed by atoms with Crippen LogP contribution in [0.2, 0.25) is 5.02 Å². The number of hydrogen-bond acceptors (Lipinski definition) is 6. The van der Waals surface area contributed by atoms with Gasteiger partial charge < -0.3 is 0 Å². The summed E-state index contributed by atoms with van der Waals surface area (Å²) in [5, 5.41) is 19.6. The summed E-state index contributed by atoms with van der Waals surface area (Å²) in [6.45, 7) is -0.00641. The summed E-state index contributed by atoms with van der Waals surface area (Å²) >= 11 is 12.5. The summed E-state index contributed by atoms with van der Waals surface area (Å²) in [5.41, 5.74) is 1.74. The number of carbonyl (C=O) groups is 1. The number of H-pyrrole nitrogens is 1. The molecule has 2 aromatic carbocycles. The largest absolute Gasteiger partial charge is 0.299 e. The maximum Gasteiger partial charge on any atom is 0.246 e. The van der Waals surface area contributed by atoms with Crippen molar-refractivity contribution in [2.45, 2.75) is 6.54 Å². The van der Waals surface area contributed by atoms with E-state index in [1.165, 1.54) is 11.3 Å². The van der Waals surface area contributed by atoms with Gasteiger partial charge in [-0.1, -0.05) is 53.3 Å². The molecule has 28 heavy (non-hydrogen) atoms. The minimum absolute atomic E-state index is 0.00641. The van der Waals surface area contributed by atoms with Gasteiger partial charge >= 0.3 is 0 Å². The van der Waals surface area contributed by atoms with Crippen molar-refractivity contribution in [2.24, 2.45) is 0 Å². The summed E-state index contributed by atoms with van der Waals surface area (Å²) in [5.74, 6) is 0.280. The standard InChI is InChI=1S/C18H13ClN6OS2/c19-13-8-6-11(7-9-13)15-21-24-18(27)25(15)10-14(26)20-17-23-22-16(28-17)12-4-2-1-3-5-12/h1-9H,10H2,(H,24,27)(H,20,23,26).